The smallest absolute Gasteiger partial charge is 0.267 e. The van der Waals surface area contributed by atoms with Gasteiger partial charge in [-0.2, -0.15) is 5.21 Å². The summed E-state index contributed by atoms with van der Waals surface area (Å²) >= 11 is 0. The maximum atomic E-state index is 12.4. The summed E-state index contributed by atoms with van der Waals surface area (Å²) in [6, 6.07) is 12.1. The van der Waals surface area contributed by atoms with E-state index in [1.54, 1.807) is 10.6 Å². The maximum Gasteiger partial charge on any atom is 0.267 e. The molecule has 7 nitrogen and oxygen atoms in total. The summed E-state index contributed by atoms with van der Waals surface area (Å²) in [5, 5.41) is 16.8. The highest BCUT2D eigenvalue weighted by Gasteiger charge is 2.15. The van der Waals surface area contributed by atoms with Gasteiger partial charge in [-0.1, -0.05) is 37.3 Å². The Morgan fingerprint density at radius 2 is 2.12 bits per heavy atom. The second-order valence-corrected chi connectivity index (χ2v) is 5.82. The van der Waals surface area contributed by atoms with Crippen LogP contribution >= 0.6 is 0 Å². The predicted molar refractivity (Wildman–Crippen MR) is 90.4 cm³/mol. The molecule has 1 atom stereocenters. The third-order valence-corrected chi connectivity index (χ3v) is 4.07. The largest absolute Gasteiger partial charge is 0.351 e. The van der Waals surface area contributed by atoms with E-state index in [0.29, 0.717) is 24.0 Å². The molecule has 3 rings (SSSR count). The van der Waals surface area contributed by atoms with Gasteiger partial charge < -0.3 is 9.88 Å². The van der Waals surface area contributed by atoms with Crippen molar-refractivity contribution in [3.8, 4) is 11.4 Å². The van der Waals surface area contributed by atoms with Crippen molar-refractivity contribution in [2.75, 3.05) is 6.54 Å². The lowest BCUT2D eigenvalue weighted by atomic mass is 9.98. The standard InChI is InChI=1S/C17H20N6O/c1-12(13-6-4-3-5-7-13)8-9-18-17(24)15-10-14(11-23(15)2)16-19-21-22-20-16/h3-7,10-12H,8-9H2,1-2H3,(H,18,24)(H,19,20,21,22). The van der Waals surface area contributed by atoms with Crippen molar-refractivity contribution in [3.05, 3.63) is 53.9 Å². The van der Waals surface area contributed by atoms with E-state index in [2.05, 4.69) is 45.0 Å². The number of aromatic amines is 1. The monoisotopic (exact) mass is 324 g/mol. The van der Waals surface area contributed by atoms with Crippen molar-refractivity contribution in [1.29, 1.82) is 0 Å². The number of benzene rings is 1. The Labute approximate surface area is 140 Å². The van der Waals surface area contributed by atoms with Crippen LogP contribution in [-0.2, 0) is 7.05 Å². The van der Waals surface area contributed by atoms with E-state index in [4.69, 9.17) is 0 Å². The first kappa shape index (κ1) is 15.9. The van der Waals surface area contributed by atoms with Crippen molar-refractivity contribution in [2.45, 2.75) is 19.3 Å². The Morgan fingerprint density at radius 3 is 2.83 bits per heavy atom. The van der Waals surface area contributed by atoms with E-state index in [1.165, 1.54) is 5.56 Å². The maximum absolute atomic E-state index is 12.4. The number of aromatic nitrogens is 5. The SMILES string of the molecule is CC(CCNC(=O)c1cc(-c2nn[nH]n2)cn1C)c1ccccc1. The molecule has 3 aromatic rings. The highest BCUT2D eigenvalue weighted by Crippen LogP contribution is 2.18. The molecule has 0 aliphatic carbocycles. The van der Waals surface area contributed by atoms with Crippen molar-refractivity contribution >= 4 is 5.91 Å². The highest BCUT2D eigenvalue weighted by atomic mass is 16.1. The number of tetrazole rings is 1. The van der Waals surface area contributed by atoms with Crippen LogP contribution in [0, 0.1) is 0 Å². The van der Waals surface area contributed by atoms with Crippen molar-refractivity contribution in [3.63, 3.8) is 0 Å². The number of hydrogen-bond donors (Lipinski definition) is 2. The molecule has 0 saturated carbocycles. The zero-order valence-electron chi connectivity index (χ0n) is 13.7. The average Bonchev–Trinajstić information content (AvgIpc) is 3.25. The number of nitrogens with zero attached hydrogens (tertiary/aromatic N) is 4. The molecule has 0 aliphatic rings. The first-order valence-corrected chi connectivity index (χ1v) is 7.88. The van der Waals surface area contributed by atoms with Gasteiger partial charge in [0.05, 0.1) is 0 Å². The molecule has 1 aromatic carbocycles. The minimum atomic E-state index is -0.104. The van der Waals surface area contributed by atoms with E-state index in [-0.39, 0.29) is 5.91 Å². The Bertz CT molecular complexity index is 794. The molecular formula is C17H20N6O. The van der Waals surface area contributed by atoms with E-state index in [0.717, 1.165) is 12.0 Å². The zero-order valence-corrected chi connectivity index (χ0v) is 13.7. The number of amides is 1. The fraction of sp³-hybridized carbons (Fsp3) is 0.294. The third-order valence-electron chi connectivity index (χ3n) is 4.07. The molecule has 2 heterocycles. The lowest BCUT2D eigenvalue weighted by Gasteiger charge is -2.12. The molecule has 0 aliphatic heterocycles. The molecule has 0 fully saturated rings. The summed E-state index contributed by atoms with van der Waals surface area (Å²) in [5.41, 5.74) is 2.61. The molecule has 1 amide bonds. The lowest BCUT2D eigenvalue weighted by molar-refractivity contribution is 0.0944. The summed E-state index contributed by atoms with van der Waals surface area (Å²) in [4.78, 5) is 12.4. The van der Waals surface area contributed by atoms with Gasteiger partial charge in [0, 0.05) is 25.4 Å². The van der Waals surface area contributed by atoms with Gasteiger partial charge in [-0.15, -0.1) is 10.2 Å². The van der Waals surface area contributed by atoms with Crippen LogP contribution in [0.5, 0.6) is 0 Å². The van der Waals surface area contributed by atoms with E-state index in [9.17, 15) is 4.79 Å². The number of aryl methyl sites for hydroxylation is 1. The van der Waals surface area contributed by atoms with E-state index in [1.807, 2.05) is 31.4 Å². The molecule has 24 heavy (non-hydrogen) atoms. The normalized spacial score (nSPS) is 12.1. The fourth-order valence-corrected chi connectivity index (χ4v) is 2.64. The van der Waals surface area contributed by atoms with Crippen molar-refractivity contribution < 1.29 is 4.79 Å². The molecule has 0 spiro atoms. The molecule has 0 bridgehead atoms. The number of H-pyrrole nitrogens is 1. The van der Waals surface area contributed by atoms with Crippen LogP contribution in [0.15, 0.2) is 42.6 Å². The van der Waals surface area contributed by atoms with Gasteiger partial charge in [0.1, 0.15) is 5.69 Å². The molecule has 0 radical (unpaired) electrons. The van der Waals surface area contributed by atoms with Gasteiger partial charge in [-0.05, 0) is 29.2 Å². The van der Waals surface area contributed by atoms with E-state index < -0.39 is 0 Å². The first-order chi connectivity index (χ1) is 11.6. The Morgan fingerprint density at radius 1 is 1.33 bits per heavy atom. The second-order valence-electron chi connectivity index (χ2n) is 5.82. The Hall–Kier alpha value is -2.96. The number of rotatable bonds is 6. The molecule has 0 saturated heterocycles. The number of carbonyl (C=O) groups is 1. The van der Waals surface area contributed by atoms with Crippen LogP contribution < -0.4 is 5.32 Å². The number of nitrogens with one attached hydrogen (secondary N) is 2. The molecule has 1 unspecified atom stereocenters. The van der Waals surface area contributed by atoms with Gasteiger partial charge >= 0.3 is 0 Å². The third kappa shape index (κ3) is 3.51. The average molecular weight is 324 g/mol. The Kier molecular flexibility index (Phi) is 4.69. The van der Waals surface area contributed by atoms with Crippen LogP contribution in [0.1, 0.15) is 35.3 Å². The molecule has 2 N–H and O–H groups in total. The summed E-state index contributed by atoms with van der Waals surface area (Å²) < 4.78 is 1.77. The molecule has 7 heteroatoms. The van der Waals surface area contributed by atoms with Gasteiger partial charge in [0.15, 0.2) is 0 Å². The summed E-state index contributed by atoms with van der Waals surface area (Å²) in [5.74, 6) is 0.768. The minimum absolute atomic E-state index is 0.104. The van der Waals surface area contributed by atoms with Gasteiger partial charge in [-0.25, -0.2) is 0 Å². The second kappa shape index (κ2) is 7.08. The first-order valence-electron chi connectivity index (χ1n) is 7.88. The molecular weight excluding hydrogens is 304 g/mol. The van der Waals surface area contributed by atoms with Crippen LogP contribution in [-0.4, -0.2) is 37.6 Å². The molecule has 124 valence electrons. The zero-order chi connectivity index (χ0) is 16.9. The highest BCUT2D eigenvalue weighted by molar-refractivity contribution is 5.94. The number of hydrogen-bond acceptors (Lipinski definition) is 4. The number of carbonyl (C=O) groups excluding carboxylic acids is 1. The van der Waals surface area contributed by atoms with Gasteiger partial charge in [-0.3, -0.25) is 4.79 Å². The minimum Gasteiger partial charge on any atom is -0.351 e. The van der Waals surface area contributed by atoms with Crippen LogP contribution in [0.3, 0.4) is 0 Å². The summed E-state index contributed by atoms with van der Waals surface area (Å²) in [7, 11) is 1.82. The predicted octanol–water partition coefficient (Wildman–Crippen LogP) is 2.13. The molecule has 2 aromatic heterocycles. The topological polar surface area (TPSA) is 88.5 Å². The van der Waals surface area contributed by atoms with Crippen LogP contribution in [0.25, 0.3) is 11.4 Å². The van der Waals surface area contributed by atoms with Crippen molar-refractivity contribution in [2.24, 2.45) is 7.05 Å². The quantitative estimate of drug-likeness (QED) is 0.727. The fourth-order valence-electron chi connectivity index (χ4n) is 2.64. The summed E-state index contributed by atoms with van der Waals surface area (Å²) in [6.45, 7) is 2.79. The van der Waals surface area contributed by atoms with Gasteiger partial charge in [0.2, 0.25) is 5.82 Å². The summed E-state index contributed by atoms with van der Waals surface area (Å²) in [6.07, 6.45) is 2.70. The van der Waals surface area contributed by atoms with Crippen LogP contribution in [0.4, 0.5) is 0 Å². The lowest BCUT2D eigenvalue weighted by Crippen LogP contribution is -2.27. The van der Waals surface area contributed by atoms with E-state index >= 15 is 0 Å². The Balaban J connectivity index is 1.58. The van der Waals surface area contributed by atoms with Crippen molar-refractivity contribution in [1.82, 2.24) is 30.5 Å². The van der Waals surface area contributed by atoms with Crippen LogP contribution in [0.2, 0.25) is 0 Å². The van der Waals surface area contributed by atoms with Gasteiger partial charge in [0.25, 0.3) is 5.91 Å².